The summed E-state index contributed by atoms with van der Waals surface area (Å²) in [5.74, 6) is -1.26. The third kappa shape index (κ3) is 4.73. The molecule has 1 heterocycles. The lowest BCUT2D eigenvalue weighted by Crippen LogP contribution is -2.23. The van der Waals surface area contributed by atoms with Crippen molar-refractivity contribution < 1.29 is 27.4 Å². The summed E-state index contributed by atoms with van der Waals surface area (Å²) in [4.78, 5) is 24.9. The number of carbonyl (C=O) groups excluding carboxylic acids is 1. The topological polar surface area (TPSA) is 68.4 Å². The number of carbonyl (C=O) groups is 1. The van der Waals surface area contributed by atoms with E-state index in [0.717, 1.165) is 6.20 Å². The fourth-order valence-corrected chi connectivity index (χ4v) is 1.94. The van der Waals surface area contributed by atoms with Crippen molar-refractivity contribution in [1.29, 1.82) is 0 Å². The Kier molecular flexibility index (Phi) is 5.20. The van der Waals surface area contributed by atoms with Gasteiger partial charge in [0.1, 0.15) is 0 Å². The van der Waals surface area contributed by atoms with Crippen molar-refractivity contribution in [3.05, 3.63) is 25.7 Å². The number of rotatable bonds is 4. The van der Waals surface area contributed by atoms with Crippen LogP contribution in [-0.2, 0) is 16.0 Å². The minimum atomic E-state index is -4.88. The molecule has 0 atom stereocenters. The van der Waals surface area contributed by atoms with Crippen LogP contribution in [0.5, 0.6) is 5.75 Å². The van der Waals surface area contributed by atoms with Gasteiger partial charge in [-0.1, -0.05) is 0 Å². The number of esters is 1. The van der Waals surface area contributed by atoms with Crippen LogP contribution in [0.15, 0.2) is 11.0 Å². The van der Waals surface area contributed by atoms with E-state index in [-0.39, 0.29) is 15.7 Å². The second kappa shape index (κ2) is 6.26. The van der Waals surface area contributed by atoms with Gasteiger partial charge < -0.3 is 14.5 Å². The number of hydrogen-bond donors (Lipinski definition) is 1. The van der Waals surface area contributed by atoms with Crippen LogP contribution in [0.4, 0.5) is 13.2 Å². The summed E-state index contributed by atoms with van der Waals surface area (Å²) < 4.78 is 44.7. The number of aromatic nitrogens is 1. The van der Waals surface area contributed by atoms with E-state index in [1.165, 1.54) is 22.6 Å². The minimum absolute atomic E-state index is 0.0771. The highest BCUT2D eigenvalue weighted by molar-refractivity contribution is 14.1. The zero-order valence-electron chi connectivity index (χ0n) is 9.64. The van der Waals surface area contributed by atoms with Crippen LogP contribution in [-0.4, -0.2) is 23.9 Å². The first-order chi connectivity index (χ1) is 8.74. The highest BCUT2D eigenvalue weighted by Gasteiger charge is 2.32. The first-order valence-corrected chi connectivity index (χ1v) is 6.14. The van der Waals surface area contributed by atoms with Crippen molar-refractivity contribution >= 4 is 28.6 Å². The predicted octanol–water partition coefficient (Wildman–Crippen LogP) is 1.98. The average molecular weight is 391 g/mol. The second-order valence-electron chi connectivity index (χ2n) is 3.30. The van der Waals surface area contributed by atoms with E-state index in [9.17, 15) is 22.8 Å². The van der Waals surface area contributed by atoms with Crippen LogP contribution in [0, 0.1) is 3.57 Å². The summed E-state index contributed by atoms with van der Waals surface area (Å²) in [6, 6.07) is 0. The third-order valence-corrected chi connectivity index (χ3v) is 3.12. The normalized spacial score (nSPS) is 11.2. The van der Waals surface area contributed by atoms with Gasteiger partial charge in [-0.25, -0.2) is 0 Å². The van der Waals surface area contributed by atoms with Crippen molar-refractivity contribution in [1.82, 2.24) is 4.98 Å². The zero-order valence-corrected chi connectivity index (χ0v) is 11.8. The number of aromatic amines is 1. The largest absolute Gasteiger partial charge is 0.573 e. The Morgan fingerprint density at radius 1 is 1.47 bits per heavy atom. The van der Waals surface area contributed by atoms with Crippen LogP contribution in [0.25, 0.3) is 0 Å². The Bertz CT molecular complexity index is 526. The van der Waals surface area contributed by atoms with Gasteiger partial charge in [-0.3, -0.25) is 9.59 Å². The molecular weight excluding hydrogens is 382 g/mol. The van der Waals surface area contributed by atoms with Gasteiger partial charge in [-0.15, -0.1) is 13.2 Å². The van der Waals surface area contributed by atoms with E-state index in [1.807, 2.05) is 0 Å². The zero-order chi connectivity index (χ0) is 14.6. The molecule has 0 fully saturated rings. The standard InChI is InChI=1S/C10H9F3INO4/c1-2-18-7(16)3-5-8(14)6(4-15-9(5)17)19-10(11,12)13/h4H,2-3H2,1H3,(H,15,17). The highest BCUT2D eigenvalue weighted by Crippen LogP contribution is 2.27. The molecule has 9 heteroatoms. The van der Waals surface area contributed by atoms with Crippen LogP contribution in [0.1, 0.15) is 12.5 Å². The fourth-order valence-electron chi connectivity index (χ4n) is 1.24. The van der Waals surface area contributed by atoms with Crippen molar-refractivity contribution in [2.75, 3.05) is 6.61 Å². The molecule has 1 rings (SSSR count). The molecule has 1 aromatic heterocycles. The molecule has 0 aliphatic rings. The summed E-state index contributed by atoms with van der Waals surface area (Å²) in [6.45, 7) is 1.70. The molecule has 19 heavy (non-hydrogen) atoms. The van der Waals surface area contributed by atoms with Gasteiger partial charge in [0.2, 0.25) is 0 Å². The predicted molar refractivity (Wildman–Crippen MR) is 66.8 cm³/mol. The van der Waals surface area contributed by atoms with Gasteiger partial charge in [0.05, 0.1) is 16.6 Å². The molecule has 1 N–H and O–H groups in total. The molecule has 0 unspecified atom stereocenters. The lowest BCUT2D eigenvalue weighted by molar-refractivity contribution is -0.275. The third-order valence-electron chi connectivity index (χ3n) is 1.94. The summed E-state index contributed by atoms with van der Waals surface area (Å²) in [5, 5.41) is 0. The summed E-state index contributed by atoms with van der Waals surface area (Å²) in [5.41, 5.74) is -0.784. The van der Waals surface area contributed by atoms with E-state index < -0.39 is 30.1 Å². The lowest BCUT2D eigenvalue weighted by Gasteiger charge is -2.12. The molecule has 0 bridgehead atoms. The number of H-pyrrole nitrogens is 1. The van der Waals surface area contributed by atoms with Crippen molar-refractivity contribution in [3.8, 4) is 5.75 Å². The molecule has 0 amide bonds. The Morgan fingerprint density at radius 3 is 2.63 bits per heavy atom. The van der Waals surface area contributed by atoms with Gasteiger partial charge in [0.15, 0.2) is 5.75 Å². The van der Waals surface area contributed by atoms with Crippen LogP contribution in [0.2, 0.25) is 0 Å². The SMILES string of the molecule is CCOC(=O)Cc1c(I)c(OC(F)(F)F)c[nH]c1=O. The molecule has 0 saturated carbocycles. The van der Waals surface area contributed by atoms with Crippen molar-refractivity contribution in [2.24, 2.45) is 0 Å². The van der Waals surface area contributed by atoms with E-state index in [1.54, 1.807) is 6.92 Å². The van der Waals surface area contributed by atoms with Gasteiger partial charge in [-0.05, 0) is 29.5 Å². The Balaban J connectivity index is 3.07. The number of pyridine rings is 1. The maximum Gasteiger partial charge on any atom is 0.573 e. The van der Waals surface area contributed by atoms with Crippen molar-refractivity contribution in [2.45, 2.75) is 19.7 Å². The van der Waals surface area contributed by atoms with Crippen molar-refractivity contribution in [3.63, 3.8) is 0 Å². The molecule has 1 aromatic rings. The molecule has 5 nitrogen and oxygen atoms in total. The summed E-state index contributed by atoms with van der Waals surface area (Å²) in [7, 11) is 0. The maximum absolute atomic E-state index is 12.1. The molecule has 0 saturated heterocycles. The number of ether oxygens (including phenoxy) is 2. The van der Waals surface area contributed by atoms with E-state index in [4.69, 9.17) is 0 Å². The fraction of sp³-hybridized carbons (Fsp3) is 0.400. The van der Waals surface area contributed by atoms with E-state index in [2.05, 4.69) is 14.5 Å². The lowest BCUT2D eigenvalue weighted by atomic mass is 10.2. The molecule has 0 spiro atoms. The minimum Gasteiger partial charge on any atom is -0.466 e. The average Bonchev–Trinajstić information content (AvgIpc) is 2.27. The molecule has 0 aliphatic heterocycles. The van der Waals surface area contributed by atoms with Gasteiger partial charge >= 0.3 is 12.3 Å². The molecule has 106 valence electrons. The highest BCUT2D eigenvalue weighted by atomic mass is 127. The van der Waals surface area contributed by atoms with Crippen LogP contribution < -0.4 is 10.3 Å². The summed E-state index contributed by atoms with van der Waals surface area (Å²) >= 11 is 1.52. The van der Waals surface area contributed by atoms with Gasteiger partial charge in [-0.2, -0.15) is 0 Å². The Labute approximate surface area is 119 Å². The monoisotopic (exact) mass is 391 g/mol. The molecular formula is C10H9F3INO4. The van der Waals surface area contributed by atoms with Crippen LogP contribution >= 0.6 is 22.6 Å². The molecule has 0 aliphatic carbocycles. The molecule has 0 aromatic carbocycles. The van der Waals surface area contributed by atoms with E-state index >= 15 is 0 Å². The first-order valence-electron chi connectivity index (χ1n) is 5.06. The first kappa shape index (κ1) is 15.8. The smallest absolute Gasteiger partial charge is 0.466 e. The van der Waals surface area contributed by atoms with Crippen LogP contribution in [0.3, 0.4) is 0 Å². The Morgan fingerprint density at radius 2 is 2.11 bits per heavy atom. The quantitative estimate of drug-likeness (QED) is 0.630. The maximum atomic E-state index is 12.1. The van der Waals surface area contributed by atoms with Gasteiger partial charge in [0.25, 0.3) is 5.56 Å². The number of hydrogen-bond acceptors (Lipinski definition) is 4. The number of halogens is 4. The number of alkyl halides is 3. The van der Waals surface area contributed by atoms with E-state index in [0.29, 0.717) is 0 Å². The Hall–Kier alpha value is -1.26. The second-order valence-corrected chi connectivity index (χ2v) is 4.38. The van der Waals surface area contributed by atoms with Gasteiger partial charge in [0, 0.05) is 11.8 Å². The number of nitrogens with one attached hydrogen (secondary N) is 1. The summed E-state index contributed by atoms with van der Waals surface area (Å²) in [6.07, 6.45) is -4.50. The molecule has 0 radical (unpaired) electrons.